The van der Waals surface area contributed by atoms with Gasteiger partial charge in [0.2, 0.25) is 0 Å². The number of carbonyl (C=O) groups excluding carboxylic acids is 1. The van der Waals surface area contributed by atoms with Crippen molar-refractivity contribution in [3.05, 3.63) is 24.3 Å². The van der Waals surface area contributed by atoms with Gasteiger partial charge in [0.05, 0.1) is 7.11 Å². The summed E-state index contributed by atoms with van der Waals surface area (Å²) in [7, 11) is 1.59. The van der Waals surface area contributed by atoms with Crippen LogP contribution in [-0.4, -0.2) is 25.2 Å². The average Bonchev–Trinajstić information content (AvgIpc) is 2.44. The fraction of sp³-hybridized carbons (Fsp3) is 0.533. The maximum atomic E-state index is 12.1. The Morgan fingerprint density at radius 1 is 1.21 bits per heavy atom. The third-order valence-electron chi connectivity index (χ3n) is 3.00. The molecule has 0 saturated carbocycles. The van der Waals surface area contributed by atoms with Crippen molar-refractivity contribution in [1.29, 1.82) is 0 Å². The lowest BCUT2D eigenvalue weighted by molar-refractivity contribution is -0.128. The van der Waals surface area contributed by atoms with Crippen LogP contribution in [0.1, 0.15) is 33.6 Å². The molecule has 0 bridgehead atoms. The standard InChI is InChI=1S/C15H23NO3/c1-5-11(3)16-15(17)12(6-2)19-14-10-8-7-9-13(14)18-4/h7-12H,5-6H2,1-4H3,(H,16,17)/t11-,12+/m1/s1. The summed E-state index contributed by atoms with van der Waals surface area (Å²) in [5, 5.41) is 2.93. The molecule has 1 amide bonds. The maximum Gasteiger partial charge on any atom is 0.261 e. The Labute approximate surface area is 115 Å². The van der Waals surface area contributed by atoms with E-state index in [4.69, 9.17) is 9.47 Å². The SMILES string of the molecule is CC[C@@H](C)NC(=O)[C@H](CC)Oc1ccccc1OC. The number of methoxy groups -OCH3 is 1. The number of hydrogen-bond donors (Lipinski definition) is 1. The van der Waals surface area contributed by atoms with Crippen LogP contribution < -0.4 is 14.8 Å². The van der Waals surface area contributed by atoms with E-state index in [-0.39, 0.29) is 11.9 Å². The molecule has 1 aromatic rings. The van der Waals surface area contributed by atoms with E-state index in [1.54, 1.807) is 13.2 Å². The van der Waals surface area contributed by atoms with Crippen molar-refractivity contribution < 1.29 is 14.3 Å². The Hall–Kier alpha value is -1.71. The molecule has 0 aromatic heterocycles. The van der Waals surface area contributed by atoms with Gasteiger partial charge in [-0.1, -0.05) is 26.0 Å². The van der Waals surface area contributed by atoms with Crippen molar-refractivity contribution in [2.24, 2.45) is 0 Å². The van der Waals surface area contributed by atoms with E-state index in [0.29, 0.717) is 17.9 Å². The van der Waals surface area contributed by atoms with Gasteiger partial charge >= 0.3 is 0 Å². The molecule has 0 unspecified atom stereocenters. The van der Waals surface area contributed by atoms with Crippen LogP contribution >= 0.6 is 0 Å². The largest absolute Gasteiger partial charge is 0.493 e. The van der Waals surface area contributed by atoms with E-state index < -0.39 is 6.10 Å². The molecule has 2 atom stereocenters. The predicted octanol–water partition coefficient (Wildman–Crippen LogP) is 2.77. The van der Waals surface area contributed by atoms with Crippen LogP contribution in [0, 0.1) is 0 Å². The fourth-order valence-corrected chi connectivity index (χ4v) is 1.63. The van der Waals surface area contributed by atoms with E-state index in [2.05, 4.69) is 5.32 Å². The molecular weight excluding hydrogens is 242 g/mol. The molecule has 4 nitrogen and oxygen atoms in total. The summed E-state index contributed by atoms with van der Waals surface area (Å²) in [4.78, 5) is 12.1. The molecule has 0 fully saturated rings. The third-order valence-corrected chi connectivity index (χ3v) is 3.00. The normalized spacial score (nSPS) is 13.5. The number of benzene rings is 1. The topological polar surface area (TPSA) is 47.6 Å². The van der Waals surface area contributed by atoms with Crippen molar-refractivity contribution in [2.45, 2.75) is 45.8 Å². The summed E-state index contributed by atoms with van der Waals surface area (Å²) >= 11 is 0. The Balaban J connectivity index is 2.73. The minimum Gasteiger partial charge on any atom is -0.493 e. The molecule has 0 saturated heterocycles. The van der Waals surface area contributed by atoms with Crippen LogP contribution in [0.2, 0.25) is 0 Å². The van der Waals surface area contributed by atoms with Crippen LogP contribution in [0.4, 0.5) is 0 Å². The highest BCUT2D eigenvalue weighted by atomic mass is 16.5. The summed E-state index contributed by atoms with van der Waals surface area (Å²) < 4.78 is 11.0. The second-order valence-corrected chi connectivity index (χ2v) is 4.48. The molecule has 0 aliphatic rings. The summed E-state index contributed by atoms with van der Waals surface area (Å²) in [6.07, 6.45) is 1.02. The summed E-state index contributed by atoms with van der Waals surface area (Å²) in [6, 6.07) is 7.50. The van der Waals surface area contributed by atoms with Crippen LogP contribution in [0.5, 0.6) is 11.5 Å². The minimum absolute atomic E-state index is 0.0808. The van der Waals surface area contributed by atoms with Gasteiger partial charge in [-0.2, -0.15) is 0 Å². The van der Waals surface area contributed by atoms with Gasteiger partial charge in [-0.3, -0.25) is 4.79 Å². The van der Waals surface area contributed by atoms with Crippen molar-refractivity contribution >= 4 is 5.91 Å². The summed E-state index contributed by atoms with van der Waals surface area (Å²) in [5.74, 6) is 1.15. The van der Waals surface area contributed by atoms with E-state index in [9.17, 15) is 4.79 Å². The quantitative estimate of drug-likeness (QED) is 0.824. The number of carbonyl (C=O) groups is 1. The van der Waals surface area contributed by atoms with E-state index in [1.165, 1.54) is 0 Å². The lowest BCUT2D eigenvalue weighted by Gasteiger charge is -2.20. The predicted molar refractivity (Wildman–Crippen MR) is 75.6 cm³/mol. The molecule has 1 rings (SSSR count). The Kier molecular flexibility index (Phi) is 6.19. The molecule has 1 aromatic carbocycles. The highest BCUT2D eigenvalue weighted by molar-refractivity contribution is 5.81. The van der Waals surface area contributed by atoms with Crippen LogP contribution in [0.15, 0.2) is 24.3 Å². The van der Waals surface area contributed by atoms with Crippen molar-refractivity contribution in [3.8, 4) is 11.5 Å². The van der Waals surface area contributed by atoms with Gasteiger partial charge in [0.25, 0.3) is 5.91 Å². The summed E-state index contributed by atoms with van der Waals surface area (Å²) in [5.41, 5.74) is 0. The average molecular weight is 265 g/mol. The maximum absolute atomic E-state index is 12.1. The zero-order valence-electron chi connectivity index (χ0n) is 12.1. The van der Waals surface area contributed by atoms with Crippen LogP contribution in [0.3, 0.4) is 0 Å². The van der Waals surface area contributed by atoms with Crippen molar-refractivity contribution in [1.82, 2.24) is 5.32 Å². The van der Waals surface area contributed by atoms with Crippen molar-refractivity contribution in [2.75, 3.05) is 7.11 Å². The fourth-order valence-electron chi connectivity index (χ4n) is 1.63. The second-order valence-electron chi connectivity index (χ2n) is 4.48. The molecule has 4 heteroatoms. The molecule has 19 heavy (non-hydrogen) atoms. The third kappa shape index (κ3) is 4.47. The van der Waals surface area contributed by atoms with Crippen molar-refractivity contribution in [3.63, 3.8) is 0 Å². The molecular formula is C15H23NO3. The molecule has 0 radical (unpaired) electrons. The Bertz CT molecular complexity index is 406. The van der Waals surface area contributed by atoms with Gasteiger partial charge in [0.1, 0.15) is 0 Å². The second kappa shape index (κ2) is 7.67. The molecule has 1 N–H and O–H groups in total. The molecule has 106 valence electrons. The number of hydrogen-bond acceptors (Lipinski definition) is 3. The number of rotatable bonds is 7. The lowest BCUT2D eigenvalue weighted by Crippen LogP contribution is -2.42. The number of ether oxygens (including phenoxy) is 2. The van der Waals surface area contributed by atoms with Crippen LogP contribution in [0.25, 0.3) is 0 Å². The Morgan fingerprint density at radius 2 is 1.84 bits per heavy atom. The van der Waals surface area contributed by atoms with Crippen LogP contribution in [-0.2, 0) is 4.79 Å². The van der Waals surface area contributed by atoms with Gasteiger partial charge in [0, 0.05) is 6.04 Å². The monoisotopic (exact) mass is 265 g/mol. The minimum atomic E-state index is -0.495. The van der Waals surface area contributed by atoms with E-state index in [1.807, 2.05) is 39.0 Å². The first kappa shape index (κ1) is 15.3. The first-order chi connectivity index (χ1) is 9.12. The number of para-hydroxylation sites is 2. The highest BCUT2D eigenvalue weighted by Crippen LogP contribution is 2.27. The van der Waals surface area contributed by atoms with E-state index >= 15 is 0 Å². The summed E-state index contributed by atoms with van der Waals surface area (Å²) in [6.45, 7) is 5.94. The molecule has 0 spiro atoms. The molecule has 0 heterocycles. The van der Waals surface area contributed by atoms with Gasteiger partial charge < -0.3 is 14.8 Å². The van der Waals surface area contributed by atoms with E-state index in [0.717, 1.165) is 6.42 Å². The molecule has 0 aliphatic heterocycles. The zero-order valence-corrected chi connectivity index (χ0v) is 12.1. The smallest absolute Gasteiger partial charge is 0.261 e. The first-order valence-electron chi connectivity index (χ1n) is 6.72. The van der Waals surface area contributed by atoms with Gasteiger partial charge in [-0.15, -0.1) is 0 Å². The lowest BCUT2D eigenvalue weighted by atomic mass is 10.2. The molecule has 0 aliphatic carbocycles. The Morgan fingerprint density at radius 3 is 2.37 bits per heavy atom. The highest BCUT2D eigenvalue weighted by Gasteiger charge is 2.20. The van der Waals surface area contributed by atoms with Gasteiger partial charge in [0.15, 0.2) is 17.6 Å². The van der Waals surface area contributed by atoms with Gasteiger partial charge in [-0.25, -0.2) is 0 Å². The number of nitrogens with one attached hydrogen (secondary N) is 1. The van der Waals surface area contributed by atoms with Gasteiger partial charge in [-0.05, 0) is 31.9 Å². The zero-order chi connectivity index (χ0) is 14.3. The number of amides is 1. The first-order valence-corrected chi connectivity index (χ1v) is 6.72.